The first kappa shape index (κ1) is 23.5. The Morgan fingerprint density at radius 2 is 1.89 bits per heavy atom. The quantitative estimate of drug-likeness (QED) is 0.293. The predicted molar refractivity (Wildman–Crippen MR) is 135 cm³/mol. The summed E-state index contributed by atoms with van der Waals surface area (Å²) in [6.07, 6.45) is 5.22. The molecule has 4 heterocycles. The number of carbonyl (C=O) groups excluding carboxylic acids is 1. The number of Topliss-reactive ketones (excluding diaryl/α,β-unsaturated/α-hetero) is 1. The Hall–Kier alpha value is -4.26. The molecule has 5 rings (SSSR count). The van der Waals surface area contributed by atoms with E-state index in [-0.39, 0.29) is 24.2 Å². The lowest BCUT2D eigenvalue weighted by molar-refractivity contribution is 0.0826. The van der Waals surface area contributed by atoms with E-state index in [4.69, 9.17) is 4.84 Å². The smallest absolute Gasteiger partial charge is 0.174 e. The van der Waals surface area contributed by atoms with E-state index in [1.54, 1.807) is 18.5 Å². The monoisotopic (exact) mass is 480 g/mol. The number of pyridine rings is 3. The summed E-state index contributed by atoms with van der Waals surface area (Å²) in [7, 11) is 0. The third-order valence-electron chi connectivity index (χ3n) is 6.23. The fourth-order valence-electron chi connectivity index (χ4n) is 4.19. The van der Waals surface area contributed by atoms with E-state index in [1.807, 2.05) is 62.4 Å². The van der Waals surface area contributed by atoms with Crippen LogP contribution in [-0.4, -0.2) is 26.4 Å². The zero-order valence-corrected chi connectivity index (χ0v) is 20.1. The fraction of sp³-hybridized carbons (Fsp3) is 0.207. The van der Waals surface area contributed by atoms with Gasteiger partial charge in [-0.05, 0) is 61.0 Å². The number of nitrogens with zero attached hydrogens (tertiary/aromatic N) is 4. The average molecular weight is 481 g/mol. The van der Waals surface area contributed by atoms with Crippen LogP contribution in [-0.2, 0) is 4.84 Å². The molecular formula is C29H25FN4O2. The Kier molecular flexibility index (Phi) is 6.62. The van der Waals surface area contributed by atoms with Crippen molar-refractivity contribution in [3.05, 3.63) is 113 Å². The second kappa shape index (κ2) is 10.2. The summed E-state index contributed by atoms with van der Waals surface area (Å²) in [5.74, 6) is -0.600. The van der Waals surface area contributed by atoms with Gasteiger partial charge in [-0.2, -0.15) is 0 Å². The lowest BCUT2D eigenvalue weighted by Crippen LogP contribution is -2.09. The van der Waals surface area contributed by atoms with Crippen LogP contribution < -0.4 is 0 Å². The van der Waals surface area contributed by atoms with Crippen molar-refractivity contribution >= 4 is 11.5 Å². The molecule has 0 unspecified atom stereocenters. The number of oxime groups is 1. The minimum atomic E-state index is -0.399. The molecule has 1 aliphatic heterocycles. The van der Waals surface area contributed by atoms with E-state index in [0.717, 1.165) is 33.8 Å². The maximum atomic E-state index is 13.4. The minimum Gasteiger partial charge on any atom is -0.385 e. The number of aryl methyl sites for hydroxylation is 1. The second-order valence-electron chi connectivity index (χ2n) is 9.04. The van der Waals surface area contributed by atoms with Crippen LogP contribution in [0.4, 0.5) is 4.39 Å². The summed E-state index contributed by atoms with van der Waals surface area (Å²) in [5.41, 5.74) is 6.25. The van der Waals surface area contributed by atoms with Crippen LogP contribution in [0.5, 0.6) is 0 Å². The van der Waals surface area contributed by atoms with E-state index >= 15 is 0 Å². The first-order chi connectivity index (χ1) is 17.5. The molecular weight excluding hydrogens is 455 g/mol. The predicted octanol–water partition coefficient (Wildman–Crippen LogP) is 6.23. The third-order valence-corrected chi connectivity index (χ3v) is 6.23. The van der Waals surface area contributed by atoms with Crippen molar-refractivity contribution < 1.29 is 14.0 Å². The van der Waals surface area contributed by atoms with Crippen molar-refractivity contribution in [2.75, 3.05) is 0 Å². The molecule has 0 N–H and O–H groups in total. The molecule has 0 fully saturated rings. The summed E-state index contributed by atoms with van der Waals surface area (Å²) in [6.45, 7) is 3.90. The number of ketones is 1. The minimum absolute atomic E-state index is 0.0374. The van der Waals surface area contributed by atoms with Crippen LogP contribution >= 0.6 is 0 Å². The molecule has 1 aromatic carbocycles. The summed E-state index contributed by atoms with van der Waals surface area (Å²) in [6, 6.07) is 18.3. The van der Waals surface area contributed by atoms with Gasteiger partial charge in [0.15, 0.2) is 11.9 Å². The van der Waals surface area contributed by atoms with Crippen LogP contribution in [0.15, 0.2) is 84.4 Å². The lowest BCUT2D eigenvalue weighted by atomic mass is 9.92. The van der Waals surface area contributed by atoms with E-state index in [0.29, 0.717) is 17.7 Å². The van der Waals surface area contributed by atoms with Crippen molar-refractivity contribution in [2.45, 2.75) is 38.7 Å². The number of hydrogen-bond donors (Lipinski definition) is 0. The highest BCUT2D eigenvalue weighted by Gasteiger charge is 2.26. The molecule has 0 saturated heterocycles. The van der Waals surface area contributed by atoms with Crippen LogP contribution in [0.1, 0.15) is 64.7 Å². The molecule has 2 atom stereocenters. The number of halogens is 1. The second-order valence-corrected chi connectivity index (χ2v) is 9.04. The molecule has 6 nitrogen and oxygen atoms in total. The van der Waals surface area contributed by atoms with Gasteiger partial charge in [0.05, 0.1) is 23.3 Å². The van der Waals surface area contributed by atoms with Crippen molar-refractivity contribution in [1.82, 2.24) is 15.0 Å². The van der Waals surface area contributed by atoms with Crippen molar-refractivity contribution in [1.29, 1.82) is 0 Å². The SMILES string of the molecule is Cc1ccc(-c2cc(C(=O)C[C@H](C)c3ccc(F)cn3)cc(C3=NO[C@@H](c4ccccn4)C3)c2)nc1. The topological polar surface area (TPSA) is 77.3 Å². The number of hydrogen-bond acceptors (Lipinski definition) is 6. The molecule has 7 heteroatoms. The highest BCUT2D eigenvalue weighted by molar-refractivity contribution is 6.05. The molecule has 0 amide bonds. The summed E-state index contributed by atoms with van der Waals surface area (Å²) >= 11 is 0. The molecule has 3 aromatic heterocycles. The van der Waals surface area contributed by atoms with Crippen LogP contribution in [0.25, 0.3) is 11.3 Å². The normalized spacial score (nSPS) is 15.8. The Bertz CT molecular complexity index is 1400. The van der Waals surface area contributed by atoms with Gasteiger partial charge in [-0.25, -0.2) is 4.39 Å². The van der Waals surface area contributed by atoms with Gasteiger partial charge in [-0.1, -0.05) is 24.2 Å². The van der Waals surface area contributed by atoms with E-state index in [2.05, 4.69) is 20.1 Å². The van der Waals surface area contributed by atoms with Crippen molar-refractivity contribution in [3.8, 4) is 11.3 Å². The van der Waals surface area contributed by atoms with Gasteiger partial charge in [0.25, 0.3) is 0 Å². The first-order valence-electron chi connectivity index (χ1n) is 11.8. The van der Waals surface area contributed by atoms with Crippen molar-refractivity contribution in [2.24, 2.45) is 5.16 Å². The van der Waals surface area contributed by atoms with Crippen LogP contribution in [0, 0.1) is 12.7 Å². The first-order valence-corrected chi connectivity index (χ1v) is 11.8. The number of aromatic nitrogens is 3. The zero-order valence-electron chi connectivity index (χ0n) is 20.1. The molecule has 1 aliphatic rings. The summed E-state index contributed by atoms with van der Waals surface area (Å²) < 4.78 is 13.3. The Morgan fingerprint density at radius 3 is 2.61 bits per heavy atom. The highest BCUT2D eigenvalue weighted by Crippen LogP contribution is 2.31. The number of rotatable bonds is 7. The Labute approximate surface area is 208 Å². The van der Waals surface area contributed by atoms with Gasteiger partial charge < -0.3 is 4.84 Å². The van der Waals surface area contributed by atoms with Gasteiger partial charge in [0.2, 0.25) is 0 Å². The van der Waals surface area contributed by atoms with Crippen molar-refractivity contribution in [3.63, 3.8) is 0 Å². The Morgan fingerprint density at radius 1 is 1.03 bits per heavy atom. The maximum absolute atomic E-state index is 13.4. The van der Waals surface area contributed by atoms with E-state index in [9.17, 15) is 9.18 Å². The van der Waals surface area contributed by atoms with Gasteiger partial charge in [0.1, 0.15) is 5.82 Å². The number of benzene rings is 1. The zero-order chi connectivity index (χ0) is 25.1. The molecule has 180 valence electrons. The van der Waals surface area contributed by atoms with Gasteiger partial charge in [-0.15, -0.1) is 0 Å². The van der Waals surface area contributed by atoms with Gasteiger partial charge in [0, 0.05) is 53.5 Å². The summed E-state index contributed by atoms with van der Waals surface area (Å²) in [4.78, 5) is 32.1. The molecule has 0 radical (unpaired) electrons. The average Bonchev–Trinajstić information content (AvgIpc) is 3.40. The third kappa shape index (κ3) is 5.20. The van der Waals surface area contributed by atoms with E-state index < -0.39 is 5.82 Å². The standard InChI is InChI=1S/C29H25FN4O2/c1-18-6-8-25(32-16-18)20-12-21(27-15-29(36-34-27)26-5-3-4-10-31-26)14-22(13-20)28(35)11-19(2)24-9-7-23(30)17-33-24/h3-10,12-14,16-17,19,29H,11,15H2,1-2H3/t19-,29+/m0/s1. The maximum Gasteiger partial charge on any atom is 0.174 e. The lowest BCUT2D eigenvalue weighted by Gasteiger charge is -2.13. The van der Waals surface area contributed by atoms with Gasteiger partial charge in [-0.3, -0.25) is 19.7 Å². The fourth-order valence-corrected chi connectivity index (χ4v) is 4.19. The Balaban J connectivity index is 1.45. The number of carbonyl (C=O) groups is 1. The molecule has 0 aliphatic carbocycles. The largest absolute Gasteiger partial charge is 0.385 e. The van der Waals surface area contributed by atoms with E-state index in [1.165, 1.54) is 12.3 Å². The van der Waals surface area contributed by atoms with Crippen LogP contribution in [0.2, 0.25) is 0 Å². The summed E-state index contributed by atoms with van der Waals surface area (Å²) in [5, 5.41) is 4.33. The highest BCUT2D eigenvalue weighted by atomic mass is 19.1. The molecule has 0 bridgehead atoms. The van der Waals surface area contributed by atoms with Crippen LogP contribution in [0.3, 0.4) is 0 Å². The molecule has 0 spiro atoms. The molecule has 36 heavy (non-hydrogen) atoms. The molecule has 0 saturated carbocycles. The van der Waals surface area contributed by atoms with Gasteiger partial charge >= 0.3 is 0 Å². The molecule has 4 aromatic rings.